The van der Waals surface area contributed by atoms with Crippen LogP contribution in [0.4, 0.5) is 0 Å². The molecule has 2 aliphatic rings. The maximum absolute atomic E-state index is 6.76. The molecule has 7 aromatic rings. The summed E-state index contributed by atoms with van der Waals surface area (Å²) in [4.78, 5) is 10.1. The van der Waals surface area contributed by atoms with E-state index >= 15 is 0 Å². The minimum atomic E-state index is -0.130. The first-order valence-electron chi connectivity index (χ1n) is 15.9. The SMILES string of the molecule is CC1(C)c2ccccc2-c2c1ccc1c2Oc2cc(-c3cc(-c4cccc(-c5ccccc5)c4)nc(-c4ccccc4)n3)ccc2O1. The van der Waals surface area contributed by atoms with Crippen LogP contribution in [0.1, 0.15) is 25.0 Å². The molecule has 0 amide bonds. The lowest BCUT2D eigenvalue weighted by Crippen LogP contribution is -2.15. The van der Waals surface area contributed by atoms with Gasteiger partial charge in [-0.1, -0.05) is 123 Å². The highest BCUT2D eigenvalue weighted by atomic mass is 16.6. The van der Waals surface area contributed by atoms with Crippen LogP contribution >= 0.6 is 0 Å². The fraction of sp³-hybridized carbons (Fsp3) is 0.0698. The summed E-state index contributed by atoms with van der Waals surface area (Å²) in [6.07, 6.45) is 0. The molecular formula is C43H30N2O2. The van der Waals surface area contributed by atoms with Gasteiger partial charge in [-0.3, -0.25) is 0 Å². The van der Waals surface area contributed by atoms with Gasteiger partial charge in [0.05, 0.1) is 11.4 Å². The molecule has 6 aromatic carbocycles. The highest BCUT2D eigenvalue weighted by Gasteiger charge is 2.39. The maximum atomic E-state index is 6.76. The van der Waals surface area contributed by atoms with Gasteiger partial charge >= 0.3 is 0 Å². The molecule has 4 heteroatoms. The van der Waals surface area contributed by atoms with Crippen molar-refractivity contribution in [1.82, 2.24) is 9.97 Å². The van der Waals surface area contributed by atoms with Crippen molar-refractivity contribution in [2.75, 3.05) is 0 Å². The van der Waals surface area contributed by atoms with Crippen molar-refractivity contribution in [3.63, 3.8) is 0 Å². The number of ether oxygens (including phenoxy) is 2. The van der Waals surface area contributed by atoms with Gasteiger partial charge in [0.2, 0.25) is 0 Å². The van der Waals surface area contributed by atoms with Crippen molar-refractivity contribution in [3.05, 3.63) is 157 Å². The third-order valence-corrected chi connectivity index (χ3v) is 9.36. The number of rotatable bonds is 4. The van der Waals surface area contributed by atoms with E-state index in [1.807, 2.05) is 60.7 Å². The van der Waals surface area contributed by atoms with Gasteiger partial charge in [0.1, 0.15) is 0 Å². The van der Waals surface area contributed by atoms with E-state index in [0.29, 0.717) is 17.3 Å². The second-order valence-corrected chi connectivity index (χ2v) is 12.6. The Kier molecular flexibility index (Phi) is 6.12. The fourth-order valence-electron chi connectivity index (χ4n) is 6.93. The van der Waals surface area contributed by atoms with E-state index in [2.05, 4.69) is 98.8 Å². The maximum Gasteiger partial charge on any atom is 0.178 e. The van der Waals surface area contributed by atoms with E-state index < -0.39 is 0 Å². The summed E-state index contributed by atoms with van der Waals surface area (Å²) in [6.45, 7) is 4.54. The average molecular weight is 607 g/mol. The molecule has 0 unspecified atom stereocenters. The summed E-state index contributed by atoms with van der Waals surface area (Å²) in [5, 5.41) is 0. The third kappa shape index (κ3) is 4.52. The highest BCUT2D eigenvalue weighted by molar-refractivity contribution is 5.88. The number of hydrogen-bond acceptors (Lipinski definition) is 4. The number of benzene rings is 6. The second-order valence-electron chi connectivity index (χ2n) is 12.6. The van der Waals surface area contributed by atoms with Crippen LogP contribution in [0.15, 0.2) is 146 Å². The topological polar surface area (TPSA) is 44.2 Å². The van der Waals surface area contributed by atoms with Gasteiger partial charge in [-0.2, -0.15) is 0 Å². The summed E-state index contributed by atoms with van der Waals surface area (Å²) in [7, 11) is 0. The predicted molar refractivity (Wildman–Crippen MR) is 188 cm³/mol. The molecular weight excluding hydrogens is 576 g/mol. The number of aromatic nitrogens is 2. The van der Waals surface area contributed by atoms with Crippen LogP contribution in [-0.4, -0.2) is 9.97 Å². The lowest BCUT2D eigenvalue weighted by atomic mass is 9.82. The lowest BCUT2D eigenvalue weighted by molar-refractivity contribution is 0.360. The molecule has 2 heterocycles. The summed E-state index contributed by atoms with van der Waals surface area (Å²) in [6, 6.07) is 50.0. The standard InChI is InChI=1S/C43H30N2O2/c1-43(2)33-19-10-9-18-32(33)40-34(43)21-23-38-41(40)47-39-25-31(20-22-37(39)46-38)36-26-35(44-42(45-36)28-14-7-4-8-15-28)30-17-11-16-29(24-30)27-12-5-3-6-13-27/h3-26H,1-2H3. The van der Waals surface area contributed by atoms with E-state index in [1.165, 1.54) is 16.7 Å². The van der Waals surface area contributed by atoms with Crippen LogP contribution in [0.2, 0.25) is 0 Å². The number of hydrogen-bond donors (Lipinski definition) is 0. The van der Waals surface area contributed by atoms with Crippen molar-refractivity contribution in [2.24, 2.45) is 0 Å². The van der Waals surface area contributed by atoms with E-state index in [1.54, 1.807) is 0 Å². The van der Waals surface area contributed by atoms with Gasteiger partial charge in [-0.15, -0.1) is 0 Å². The van der Waals surface area contributed by atoms with Crippen molar-refractivity contribution < 1.29 is 9.47 Å². The number of fused-ring (bicyclic) bond motifs is 6. The zero-order valence-corrected chi connectivity index (χ0v) is 26.1. The van der Waals surface area contributed by atoms with Gasteiger partial charge < -0.3 is 9.47 Å². The smallest absolute Gasteiger partial charge is 0.178 e. The molecule has 0 saturated carbocycles. The van der Waals surface area contributed by atoms with Gasteiger partial charge in [0.25, 0.3) is 0 Å². The van der Waals surface area contributed by atoms with E-state index in [-0.39, 0.29) is 5.41 Å². The quantitative estimate of drug-likeness (QED) is 0.200. The van der Waals surface area contributed by atoms with Crippen molar-refractivity contribution in [3.8, 4) is 79.2 Å². The average Bonchev–Trinajstić information content (AvgIpc) is 3.37. The molecule has 0 radical (unpaired) electrons. The zero-order chi connectivity index (χ0) is 31.5. The first-order chi connectivity index (χ1) is 23.0. The van der Waals surface area contributed by atoms with Crippen LogP contribution in [0.5, 0.6) is 23.0 Å². The molecule has 0 spiro atoms. The lowest BCUT2D eigenvalue weighted by Gasteiger charge is -2.25. The van der Waals surface area contributed by atoms with Crippen LogP contribution in [-0.2, 0) is 5.41 Å². The highest BCUT2D eigenvalue weighted by Crippen LogP contribution is 2.58. The minimum Gasteiger partial charge on any atom is -0.449 e. The van der Waals surface area contributed by atoms with Crippen LogP contribution in [0, 0.1) is 0 Å². The largest absolute Gasteiger partial charge is 0.449 e. The Labute approximate surface area is 274 Å². The molecule has 1 aromatic heterocycles. The van der Waals surface area contributed by atoms with Gasteiger partial charge in [0.15, 0.2) is 28.8 Å². The second kappa shape index (κ2) is 10.5. The molecule has 0 fully saturated rings. The van der Waals surface area contributed by atoms with Crippen LogP contribution in [0.25, 0.3) is 56.2 Å². The molecule has 1 aliphatic carbocycles. The van der Waals surface area contributed by atoms with E-state index in [4.69, 9.17) is 19.4 Å². The molecule has 4 nitrogen and oxygen atoms in total. The summed E-state index contributed by atoms with van der Waals surface area (Å²) >= 11 is 0. The van der Waals surface area contributed by atoms with Gasteiger partial charge in [-0.05, 0) is 64.2 Å². The van der Waals surface area contributed by atoms with Crippen molar-refractivity contribution >= 4 is 0 Å². The molecule has 224 valence electrons. The summed E-state index contributed by atoms with van der Waals surface area (Å²) < 4.78 is 13.2. The molecule has 0 N–H and O–H groups in total. The van der Waals surface area contributed by atoms with Gasteiger partial charge in [-0.25, -0.2) is 9.97 Å². The Balaban J connectivity index is 1.16. The Morgan fingerprint density at radius 2 is 1.09 bits per heavy atom. The molecule has 9 rings (SSSR count). The Bertz CT molecular complexity index is 2330. The predicted octanol–water partition coefficient (Wildman–Crippen LogP) is 11.3. The van der Waals surface area contributed by atoms with E-state index in [0.717, 1.165) is 56.3 Å². The molecule has 0 atom stereocenters. The fourth-order valence-corrected chi connectivity index (χ4v) is 6.93. The first kappa shape index (κ1) is 27.3. The Morgan fingerprint density at radius 1 is 0.447 bits per heavy atom. The van der Waals surface area contributed by atoms with Crippen LogP contribution < -0.4 is 9.47 Å². The van der Waals surface area contributed by atoms with Crippen molar-refractivity contribution in [1.29, 1.82) is 0 Å². The molecule has 1 aliphatic heterocycles. The molecule has 0 saturated heterocycles. The summed E-state index contributed by atoms with van der Waals surface area (Å²) in [5.74, 6) is 3.50. The van der Waals surface area contributed by atoms with Crippen molar-refractivity contribution in [2.45, 2.75) is 19.3 Å². The van der Waals surface area contributed by atoms with E-state index in [9.17, 15) is 0 Å². The minimum absolute atomic E-state index is 0.130. The summed E-state index contributed by atoms with van der Waals surface area (Å²) in [5.41, 5.74) is 11.6. The monoisotopic (exact) mass is 606 g/mol. The molecule has 0 bridgehead atoms. The Morgan fingerprint density at radius 3 is 1.87 bits per heavy atom. The first-order valence-corrected chi connectivity index (χ1v) is 15.9. The Hall–Kier alpha value is -6.00. The third-order valence-electron chi connectivity index (χ3n) is 9.36. The molecule has 47 heavy (non-hydrogen) atoms. The number of nitrogens with zero attached hydrogens (tertiary/aromatic N) is 2. The normalized spacial score (nSPS) is 13.4. The van der Waals surface area contributed by atoms with Gasteiger partial charge in [0, 0.05) is 27.7 Å². The van der Waals surface area contributed by atoms with Crippen LogP contribution in [0.3, 0.4) is 0 Å². The zero-order valence-electron chi connectivity index (χ0n) is 26.1.